The largest absolute Gasteiger partial charge is 0.496 e. The highest BCUT2D eigenvalue weighted by atomic mass is 16.6. The average Bonchev–Trinajstić information content (AvgIpc) is 2.45. The van der Waals surface area contributed by atoms with Crippen molar-refractivity contribution in [3.8, 4) is 5.75 Å². The molecule has 0 spiro atoms. The molecule has 2 N–H and O–H groups in total. The van der Waals surface area contributed by atoms with E-state index in [-0.39, 0.29) is 30.0 Å². The zero-order chi connectivity index (χ0) is 16.0. The Morgan fingerprint density at radius 2 is 2.14 bits per heavy atom. The van der Waals surface area contributed by atoms with E-state index in [0.29, 0.717) is 0 Å². The molecule has 1 unspecified atom stereocenters. The van der Waals surface area contributed by atoms with E-state index in [1.807, 2.05) is 0 Å². The second-order valence-electron chi connectivity index (χ2n) is 4.43. The van der Waals surface area contributed by atoms with Crippen molar-refractivity contribution in [1.82, 2.24) is 5.32 Å². The monoisotopic (exact) mass is 296 g/mol. The molecule has 0 aliphatic heterocycles. The van der Waals surface area contributed by atoms with Gasteiger partial charge in [-0.2, -0.15) is 0 Å². The van der Waals surface area contributed by atoms with E-state index >= 15 is 0 Å². The first-order valence-corrected chi connectivity index (χ1v) is 6.20. The number of amides is 1. The van der Waals surface area contributed by atoms with Gasteiger partial charge in [0.05, 0.1) is 23.5 Å². The summed E-state index contributed by atoms with van der Waals surface area (Å²) in [6.45, 7) is 1.68. The maximum atomic E-state index is 12.0. The molecule has 0 radical (unpaired) electrons. The summed E-state index contributed by atoms with van der Waals surface area (Å²) < 4.78 is 4.99. The fourth-order valence-corrected chi connectivity index (χ4v) is 1.61. The van der Waals surface area contributed by atoms with Crippen LogP contribution >= 0.6 is 0 Å². The summed E-state index contributed by atoms with van der Waals surface area (Å²) in [4.78, 5) is 32.8. The zero-order valence-corrected chi connectivity index (χ0v) is 11.7. The number of carboxylic acids is 1. The van der Waals surface area contributed by atoms with Gasteiger partial charge in [-0.3, -0.25) is 19.7 Å². The minimum Gasteiger partial charge on any atom is -0.496 e. The van der Waals surface area contributed by atoms with Gasteiger partial charge in [0.25, 0.3) is 11.6 Å². The number of nitro groups is 1. The molecule has 0 aliphatic carbocycles. The Bertz CT molecular complexity index is 558. The number of nitrogens with zero attached hydrogens (tertiary/aromatic N) is 1. The highest BCUT2D eigenvalue weighted by molar-refractivity contribution is 5.97. The van der Waals surface area contributed by atoms with Crippen LogP contribution in [-0.4, -0.2) is 35.6 Å². The molecule has 1 atom stereocenters. The third-order valence-corrected chi connectivity index (χ3v) is 2.92. The zero-order valence-electron chi connectivity index (χ0n) is 11.7. The normalized spacial score (nSPS) is 11.5. The number of hydrogen-bond donors (Lipinski definition) is 2. The first-order valence-electron chi connectivity index (χ1n) is 6.20. The molecule has 1 amide bonds. The van der Waals surface area contributed by atoms with Gasteiger partial charge in [-0.05, 0) is 12.5 Å². The van der Waals surface area contributed by atoms with Crippen molar-refractivity contribution in [1.29, 1.82) is 0 Å². The Balaban J connectivity index is 2.78. The van der Waals surface area contributed by atoms with Gasteiger partial charge in [0, 0.05) is 18.7 Å². The van der Waals surface area contributed by atoms with Crippen molar-refractivity contribution in [3.63, 3.8) is 0 Å². The minimum absolute atomic E-state index is 0.0367. The number of methoxy groups -OCH3 is 1. The highest BCUT2D eigenvalue weighted by Crippen LogP contribution is 2.23. The van der Waals surface area contributed by atoms with Gasteiger partial charge in [0.2, 0.25) is 0 Å². The molecule has 0 saturated heterocycles. The Hall–Kier alpha value is -2.64. The number of aliphatic carboxylic acids is 1. The smallest absolute Gasteiger partial charge is 0.306 e. The van der Waals surface area contributed by atoms with E-state index in [0.717, 1.165) is 6.07 Å². The predicted octanol–water partition coefficient (Wildman–Crippen LogP) is 1.44. The van der Waals surface area contributed by atoms with Gasteiger partial charge in [-0.15, -0.1) is 0 Å². The van der Waals surface area contributed by atoms with Crippen LogP contribution in [0.25, 0.3) is 0 Å². The summed E-state index contributed by atoms with van der Waals surface area (Å²) >= 11 is 0. The van der Waals surface area contributed by atoms with Crippen LogP contribution in [0.4, 0.5) is 5.69 Å². The summed E-state index contributed by atoms with van der Waals surface area (Å²) in [7, 11) is 1.35. The lowest BCUT2D eigenvalue weighted by atomic mass is 10.1. The van der Waals surface area contributed by atoms with Crippen molar-refractivity contribution in [2.24, 2.45) is 5.92 Å². The van der Waals surface area contributed by atoms with Crippen LogP contribution in [0.1, 0.15) is 23.7 Å². The Morgan fingerprint density at radius 1 is 1.48 bits per heavy atom. The van der Waals surface area contributed by atoms with Gasteiger partial charge in [-0.25, -0.2) is 0 Å². The summed E-state index contributed by atoms with van der Waals surface area (Å²) in [6.07, 6.45) is 0.262. The standard InChI is InChI=1S/C13H16N2O6/c1-8(13(17)18)5-6-14-12(16)10-7-9(15(19)20)3-4-11(10)21-2/h3-4,7-8H,5-6H2,1-2H3,(H,14,16)(H,17,18). The summed E-state index contributed by atoms with van der Waals surface area (Å²) in [5.41, 5.74) is -0.186. The van der Waals surface area contributed by atoms with Crippen LogP contribution in [0.5, 0.6) is 5.75 Å². The third-order valence-electron chi connectivity index (χ3n) is 2.92. The Morgan fingerprint density at radius 3 is 2.67 bits per heavy atom. The first kappa shape index (κ1) is 16.4. The molecule has 0 aliphatic rings. The van der Waals surface area contributed by atoms with Crippen LogP contribution in [-0.2, 0) is 4.79 Å². The van der Waals surface area contributed by atoms with Crippen molar-refractivity contribution >= 4 is 17.6 Å². The molecule has 1 rings (SSSR count). The number of carbonyl (C=O) groups is 2. The molecule has 0 heterocycles. The third kappa shape index (κ3) is 4.44. The van der Waals surface area contributed by atoms with Crippen LogP contribution < -0.4 is 10.1 Å². The summed E-state index contributed by atoms with van der Waals surface area (Å²) in [5, 5.41) is 22.0. The van der Waals surface area contributed by atoms with E-state index in [4.69, 9.17) is 9.84 Å². The molecule has 8 heteroatoms. The minimum atomic E-state index is -0.947. The number of nitrogens with one attached hydrogen (secondary N) is 1. The molecular formula is C13H16N2O6. The maximum absolute atomic E-state index is 12.0. The molecule has 1 aromatic rings. The average molecular weight is 296 g/mol. The lowest BCUT2D eigenvalue weighted by Gasteiger charge is -2.10. The predicted molar refractivity (Wildman–Crippen MR) is 73.4 cm³/mol. The second kappa shape index (κ2) is 7.22. The molecule has 0 aromatic heterocycles. The quantitative estimate of drug-likeness (QED) is 0.580. The van der Waals surface area contributed by atoms with Gasteiger partial charge < -0.3 is 15.2 Å². The number of nitro benzene ring substituents is 1. The Kier molecular flexibility index (Phi) is 5.65. The number of carboxylic acid groups (broad SMARTS) is 1. The van der Waals surface area contributed by atoms with Gasteiger partial charge >= 0.3 is 5.97 Å². The fraction of sp³-hybridized carbons (Fsp3) is 0.385. The van der Waals surface area contributed by atoms with Crippen molar-refractivity contribution in [2.75, 3.05) is 13.7 Å². The Labute approximate surface area is 120 Å². The van der Waals surface area contributed by atoms with Gasteiger partial charge in [-0.1, -0.05) is 6.92 Å². The molecular weight excluding hydrogens is 280 g/mol. The number of hydrogen-bond acceptors (Lipinski definition) is 5. The van der Waals surface area contributed by atoms with E-state index in [2.05, 4.69) is 5.32 Å². The van der Waals surface area contributed by atoms with Crippen LogP contribution in [0.2, 0.25) is 0 Å². The van der Waals surface area contributed by atoms with E-state index < -0.39 is 22.7 Å². The van der Waals surface area contributed by atoms with Crippen LogP contribution in [0.3, 0.4) is 0 Å². The molecule has 0 saturated carbocycles. The summed E-state index contributed by atoms with van der Waals surface area (Å²) in [5.74, 6) is -1.87. The van der Waals surface area contributed by atoms with E-state index in [1.54, 1.807) is 0 Å². The first-order chi connectivity index (χ1) is 9.86. The molecule has 1 aromatic carbocycles. The van der Waals surface area contributed by atoms with Crippen molar-refractivity contribution in [3.05, 3.63) is 33.9 Å². The lowest BCUT2D eigenvalue weighted by Crippen LogP contribution is -2.27. The highest BCUT2D eigenvalue weighted by Gasteiger charge is 2.18. The number of rotatable bonds is 7. The molecule has 8 nitrogen and oxygen atoms in total. The van der Waals surface area contributed by atoms with Crippen LogP contribution in [0.15, 0.2) is 18.2 Å². The lowest BCUT2D eigenvalue weighted by molar-refractivity contribution is -0.384. The summed E-state index contributed by atoms with van der Waals surface area (Å²) in [6, 6.07) is 3.70. The topological polar surface area (TPSA) is 119 Å². The van der Waals surface area contributed by atoms with Crippen molar-refractivity contribution < 1.29 is 24.4 Å². The number of carbonyl (C=O) groups excluding carboxylic acids is 1. The van der Waals surface area contributed by atoms with Crippen LogP contribution in [0, 0.1) is 16.0 Å². The molecule has 21 heavy (non-hydrogen) atoms. The van der Waals surface area contributed by atoms with Gasteiger partial charge in [0.15, 0.2) is 0 Å². The van der Waals surface area contributed by atoms with E-state index in [1.165, 1.54) is 26.2 Å². The van der Waals surface area contributed by atoms with E-state index in [9.17, 15) is 19.7 Å². The SMILES string of the molecule is COc1ccc([N+](=O)[O-])cc1C(=O)NCCC(C)C(=O)O. The molecule has 0 fully saturated rings. The van der Waals surface area contributed by atoms with Crippen molar-refractivity contribution in [2.45, 2.75) is 13.3 Å². The number of non-ortho nitro benzene ring substituents is 1. The fourth-order valence-electron chi connectivity index (χ4n) is 1.61. The maximum Gasteiger partial charge on any atom is 0.306 e. The second-order valence-corrected chi connectivity index (χ2v) is 4.43. The molecule has 0 bridgehead atoms. The molecule has 114 valence electrons. The number of ether oxygens (including phenoxy) is 1. The number of benzene rings is 1. The van der Waals surface area contributed by atoms with Gasteiger partial charge in [0.1, 0.15) is 5.75 Å².